The average molecular weight is 975 g/mol. The Morgan fingerprint density at radius 1 is 0.417 bits per heavy atom. The van der Waals surface area contributed by atoms with Crippen LogP contribution < -0.4 is 18.9 Å². The normalized spacial score (nSPS) is 12.8. The molecule has 0 aliphatic carbocycles. The molecule has 366 valence electrons. The predicted molar refractivity (Wildman–Crippen MR) is 263 cm³/mol. The molecule has 0 saturated carbocycles. The van der Waals surface area contributed by atoms with Crippen LogP contribution in [0.2, 0.25) is 0 Å². The quantitative estimate of drug-likeness (QED) is 0.0186. The summed E-state index contributed by atoms with van der Waals surface area (Å²) in [5.74, 6) is -4.43. The third-order valence-electron chi connectivity index (χ3n) is 11.8. The van der Waals surface area contributed by atoms with Gasteiger partial charge in [0.15, 0.2) is 11.6 Å². The molecular weight excluding hydrogens is 927 g/mol. The molecular formula is C58H48F2O12. The number of hydrogen-bond acceptors (Lipinski definition) is 12. The molecule has 0 unspecified atom stereocenters. The van der Waals surface area contributed by atoms with Gasteiger partial charge in [0, 0.05) is 11.1 Å². The molecule has 0 radical (unpaired) electrons. The van der Waals surface area contributed by atoms with Gasteiger partial charge in [-0.15, -0.1) is 0 Å². The van der Waals surface area contributed by atoms with Crippen molar-refractivity contribution in [2.45, 2.75) is 51.4 Å². The zero-order valence-electron chi connectivity index (χ0n) is 39.0. The minimum Gasteiger partial charge on any atom is -0.494 e. The van der Waals surface area contributed by atoms with Gasteiger partial charge in [-0.3, -0.25) is 9.59 Å². The molecule has 12 nitrogen and oxygen atoms in total. The number of fused-ring (bicyclic) bond motifs is 5. The van der Waals surface area contributed by atoms with Crippen LogP contribution in [0.3, 0.4) is 0 Å². The van der Waals surface area contributed by atoms with E-state index in [-0.39, 0.29) is 58.5 Å². The van der Waals surface area contributed by atoms with E-state index in [9.17, 15) is 37.5 Å². The molecule has 2 aliphatic rings. The van der Waals surface area contributed by atoms with Crippen LogP contribution in [-0.4, -0.2) is 61.9 Å². The first-order valence-corrected chi connectivity index (χ1v) is 23.6. The van der Waals surface area contributed by atoms with E-state index in [2.05, 4.69) is 0 Å². The van der Waals surface area contributed by atoms with Crippen molar-refractivity contribution in [3.05, 3.63) is 190 Å². The highest BCUT2D eigenvalue weighted by molar-refractivity contribution is 6.18. The van der Waals surface area contributed by atoms with Crippen molar-refractivity contribution in [3.63, 3.8) is 0 Å². The standard InChI is InChI=1S/C58H48F2O12/c59-43-19-15-39(16-20-43)49(61)27-13-37-9-23-45(24-10-37)67-29-5-1-3-7-31-69-51-35-41-33-47-53(51)57(65)72-58(66)54-48(56(64)71-55(47)63)34-42(41)36-52(54)70-32-8-4-2-6-30-68-46-25-11-38(12-26-46)14-28-50(62)40-17-21-44(60)22-18-40/h9-28,33-36H,1-8,29-32H2. The van der Waals surface area contributed by atoms with E-state index in [1.54, 1.807) is 24.3 Å². The Morgan fingerprint density at radius 2 is 0.764 bits per heavy atom. The Hall–Kier alpha value is -8.52. The van der Waals surface area contributed by atoms with Gasteiger partial charge in [0.25, 0.3) is 0 Å². The number of halogens is 2. The van der Waals surface area contributed by atoms with Crippen LogP contribution in [0.5, 0.6) is 23.0 Å². The van der Waals surface area contributed by atoms with Gasteiger partial charge in [0.2, 0.25) is 0 Å². The fraction of sp³-hybridized carbons (Fsp3) is 0.207. The minimum atomic E-state index is -1.14. The lowest BCUT2D eigenvalue weighted by atomic mass is 9.95. The van der Waals surface area contributed by atoms with E-state index >= 15 is 0 Å². The van der Waals surface area contributed by atoms with Crippen LogP contribution in [0, 0.1) is 11.6 Å². The predicted octanol–water partition coefficient (Wildman–Crippen LogP) is 12.1. The highest BCUT2D eigenvalue weighted by atomic mass is 19.1. The molecule has 0 saturated heterocycles. The van der Waals surface area contributed by atoms with Gasteiger partial charge in [-0.1, -0.05) is 36.4 Å². The fourth-order valence-corrected chi connectivity index (χ4v) is 7.89. The first-order valence-electron chi connectivity index (χ1n) is 23.6. The molecule has 6 aromatic rings. The lowest BCUT2D eigenvalue weighted by Gasteiger charge is -2.16. The second kappa shape index (κ2) is 23.9. The van der Waals surface area contributed by atoms with E-state index in [1.165, 1.54) is 72.8 Å². The minimum absolute atomic E-state index is 0.00691. The number of unbranched alkanes of at least 4 members (excludes halogenated alkanes) is 6. The summed E-state index contributed by atoms with van der Waals surface area (Å²) in [6.07, 6.45) is 12.0. The van der Waals surface area contributed by atoms with E-state index in [4.69, 9.17) is 28.4 Å². The number of allylic oxidation sites excluding steroid dienone is 2. The summed E-state index contributed by atoms with van der Waals surface area (Å²) >= 11 is 0. The van der Waals surface area contributed by atoms with Crippen LogP contribution in [0.25, 0.3) is 23.3 Å². The molecule has 2 heterocycles. The lowest BCUT2D eigenvalue weighted by Crippen LogP contribution is -2.24. The summed E-state index contributed by atoms with van der Waals surface area (Å²) in [5.41, 5.74) is 2.02. The number of hydrogen-bond donors (Lipinski definition) is 0. The average Bonchev–Trinajstić information content (AvgIpc) is 3.41. The van der Waals surface area contributed by atoms with Crippen molar-refractivity contribution in [1.29, 1.82) is 0 Å². The van der Waals surface area contributed by atoms with E-state index in [0.29, 0.717) is 59.8 Å². The van der Waals surface area contributed by atoms with Gasteiger partial charge in [0.1, 0.15) is 45.8 Å². The maximum absolute atomic E-state index is 13.7. The van der Waals surface area contributed by atoms with Crippen molar-refractivity contribution >= 4 is 47.6 Å². The second-order valence-corrected chi connectivity index (χ2v) is 16.9. The molecule has 0 atom stereocenters. The Bertz CT molecular complexity index is 2830. The molecule has 0 fully saturated rings. The Balaban J connectivity index is 0.797. The second-order valence-electron chi connectivity index (χ2n) is 16.9. The molecule has 14 heteroatoms. The fourth-order valence-electron chi connectivity index (χ4n) is 7.89. The Morgan fingerprint density at radius 3 is 1.14 bits per heavy atom. The summed E-state index contributed by atoms with van der Waals surface area (Å²) in [7, 11) is 0. The third kappa shape index (κ3) is 13.0. The van der Waals surface area contributed by atoms with Gasteiger partial charge >= 0.3 is 23.9 Å². The molecule has 72 heavy (non-hydrogen) atoms. The maximum Gasteiger partial charge on any atom is 0.350 e. The molecule has 2 aliphatic heterocycles. The van der Waals surface area contributed by atoms with E-state index < -0.39 is 35.5 Å². The molecule has 0 spiro atoms. The number of benzene rings is 6. The van der Waals surface area contributed by atoms with Crippen molar-refractivity contribution < 1.29 is 66.0 Å². The van der Waals surface area contributed by atoms with Crippen LogP contribution >= 0.6 is 0 Å². The number of carbonyl (C=O) groups is 6. The Labute approximate surface area is 413 Å². The summed E-state index contributed by atoms with van der Waals surface area (Å²) < 4.78 is 60.8. The number of ether oxygens (including phenoxy) is 6. The van der Waals surface area contributed by atoms with E-state index in [0.717, 1.165) is 49.7 Å². The molecule has 8 rings (SSSR count). The molecule has 6 aromatic carbocycles. The topological polar surface area (TPSA) is 158 Å². The first-order chi connectivity index (χ1) is 35.0. The number of cyclic esters (lactones) is 2. The SMILES string of the molecule is O=C(C=Cc1ccc(OCCCCCCOc2cc3cc4c2C(=O)OC(=O)c2c(OCCCCCCOc5ccc(C=CC(=O)c6ccc(F)cc6)cc5)cc-3cc2C(=O)OC4=O)cc1)c1ccc(F)cc1. The van der Waals surface area contributed by atoms with Crippen LogP contribution in [0.15, 0.2) is 133 Å². The Kier molecular flexibility index (Phi) is 16.5. The summed E-state index contributed by atoms with van der Waals surface area (Å²) in [4.78, 5) is 78.9. The first kappa shape index (κ1) is 49.9. The van der Waals surface area contributed by atoms with Gasteiger partial charge in [-0.05, 0) is 183 Å². The van der Waals surface area contributed by atoms with Crippen LogP contribution in [-0.2, 0) is 9.47 Å². The maximum atomic E-state index is 13.7. The smallest absolute Gasteiger partial charge is 0.350 e. The van der Waals surface area contributed by atoms with Crippen molar-refractivity contribution in [2.75, 3.05) is 26.4 Å². The number of rotatable bonds is 24. The zero-order chi connectivity index (χ0) is 50.4. The van der Waals surface area contributed by atoms with Crippen LogP contribution in [0.4, 0.5) is 8.78 Å². The number of ketones is 2. The summed E-state index contributed by atoms with van der Waals surface area (Å²) in [6, 6.07) is 31.2. The van der Waals surface area contributed by atoms with E-state index in [1.807, 2.05) is 48.5 Å². The van der Waals surface area contributed by atoms with Gasteiger partial charge in [0.05, 0.1) is 37.6 Å². The van der Waals surface area contributed by atoms with Crippen molar-refractivity contribution in [1.82, 2.24) is 0 Å². The molecule has 4 bridgehead atoms. The highest BCUT2D eigenvalue weighted by Gasteiger charge is 2.37. The monoisotopic (exact) mass is 974 g/mol. The zero-order valence-corrected chi connectivity index (χ0v) is 39.0. The molecule has 0 amide bonds. The number of esters is 4. The van der Waals surface area contributed by atoms with Crippen molar-refractivity contribution in [3.8, 4) is 34.1 Å². The van der Waals surface area contributed by atoms with Crippen molar-refractivity contribution in [2.24, 2.45) is 0 Å². The van der Waals surface area contributed by atoms with Gasteiger partial charge in [-0.2, -0.15) is 0 Å². The molecule has 0 aromatic heterocycles. The summed E-state index contributed by atoms with van der Waals surface area (Å²) in [5, 5.41) is 0. The lowest BCUT2D eigenvalue weighted by molar-refractivity contribution is 0.0329. The van der Waals surface area contributed by atoms with Gasteiger partial charge in [-0.25, -0.2) is 28.0 Å². The third-order valence-corrected chi connectivity index (χ3v) is 11.8. The number of carbonyl (C=O) groups excluding carboxylic acids is 6. The largest absolute Gasteiger partial charge is 0.494 e. The molecule has 0 N–H and O–H groups in total. The summed E-state index contributed by atoms with van der Waals surface area (Å²) in [6.45, 7) is 1.24. The van der Waals surface area contributed by atoms with Crippen LogP contribution in [0.1, 0.15) is 125 Å². The van der Waals surface area contributed by atoms with Gasteiger partial charge < -0.3 is 28.4 Å². The highest BCUT2D eigenvalue weighted by Crippen LogP contribution is 2.39.